The number of pyridine rings is 1. The van der Waals surface area contributed by atoms with E-state index < -0.39 is 0 Å². The smallest absolute Gasteiger partial charge is 0.191 e. The molecule has 0 aliphatic heterocycles. The summed E-state index contributed by atoms with van der Waals surface area (Å²) in [7, 11) is 0. The Labute approximate surface area is 108 Å². The van der Waals surface area contributed by atoms with Gasteiger partial charge in [0.15, 0.2) is 5.16 Å². The number of nitrogens with two attached hydrogens (primary N) is 3. The highest BCUT2D eigenvalue weighted by atomic mass is 32.2. The molecule has 0 bridgehead atoms. The van der Waals surface area contributed by atoms with Gasteiger partial charge in [-0.2, -0.15) is 0 Å². The van der Waals surface area contributed by atoms with Gasteiger partial charge in [0.05, 0.1) is 0 Å². The second kappa shape index (κ2) is 5.52. The lowest BCUT2D eigenvalue weighted by molar-refractivity contribution is 0.983. The summed E-state index contributed by atoms with van der Waals surface area (Å²) in [6, 6.07) is 5.27. The van der Waals surface area contributed by atoms with E-state index in [2.05, 4.69) is 20.4 Å². The molecule has 0 amide bonds. The van der Waals surface area contributed by atoms with Crippen molar-refractivity contribution in [3.8, 4) is 0 Å². The fraction of sp³-hybridized carbons (Fsp3) is 0.100. The molecule has 2 heterocycles. The van der Waals surface area contributed by atoms with Crippen molar-refractivity contribution in [2.24, 2.45) is 5.84 Å². The van der Waals surface area contributed by atoms with Gasteiger partial charge in [0.2, 0.25) is 0 Å². The van der Waals surface area contributed by atoms with Crippen molar-refractivity contribution in [3.05, 3.63) is 30.0 Å². The van der Waals surface area contributed by atoms with Crippen LogP contribution in [-0.2, 0) is 5.75 Å². The summed E-state index contributed by atoms with van der Waals surface area (Å²) in [6.45, 7) is 0. The molecule has 0 fully saturated rings. The topological polar surface area (TPSA) is 129 Å². The van der Waals surface area contributed by atoms with Gasteiger partial charge < -0.3 is 16.9 Å². The maximum Gasteiger partial charge on any atom is 0.191 e. The van der Waals surface area contributed by atoms with Gasteiger partial charge in [-0.3, -0.25) is 0 Å². The fourth-order valence-electron chi connectivity index (χ4n) is 1.35. The summed E-state index contributed by atoms with van der Waals surface area (Å²) in [5.41, 5.74) is 14.7. The van der Waals surface area contributed by atoms with Crippen LogP contribution in [0.5, 0.6) is 0 Å². The van der Waals surface area contributed by atoms with Gasteiger partial charge in [-0.05, 0) is 6.07 Å². The maximum absolute atomic E-state index is 5.60. The second-order valence-electron chi connectivity index (χ2n) is 3.44. The highest BCUT2D eigenvalue weighted by molar-refractivity contribution is 7.98. The van der Waals surface area contributed by atoms with Crippen LogP contribution in [-0.4, -0.2) is 15.0 Å². The van der Waals surface area contributed by atoms with Crippen molar-refractivity contribution in [1.29, 1.82) is 0 Å². The number of nitrogens with one attached hydrogen (secondary N) is 1. The van der Waals surface area contributed by atoms with E-state index in [4.69, 9.17) is 17.3 Å². The molecule has 2 aromatic heterocycles. The number of anilines is 3. The van der Waals surface area contributed by atoms with Gasteiger partial charge >= 0.3 is 0 Å². The van der Waals surface area contributed by atoms with Crippen LogP contribution in [0, 0.1) is 0 Å². The third kappa shape index (κ3) is 2.99. The standard InChI is InChI=1S/C10H13N7S/c11-7-4-8(12)16-10(15-7)18-5-6-2-1-3-14-9(6)17-13/h1-4H,5,13H2,(H,14,17)(H4,11,12,15,16). The van der Waals surface area contributed by atoms with E-state index in [9.17, 15) is 0 Å². The lowest BCUT2D eigenvalue weighted by Gasteiger charge is -2.06. The highest BCUT2D eigenvalue weighted by Gasteiger charge is 2.05. The summed E-state index contributed by atoms with van der Waals surface area (Å²) < 4.78 is 0. The van der Waals surface area contributed by atoms with Crippen LogP contribution in [0.1, 0.15) is 5.56 Å². The molecule has 0 radical (unpaired) electrons. The molecule has 0 aliphatic rings. The largest absolute Gasteiger partial charge is 0.383 e. The molecule has 0 saturated carbocycles. The first kappa shape index (κ1) is 12.4. The summed E-state index contributed by atoms with van der Waals surface area (Å²) >= 11 is 1.41. The molecule has 0 aliphatic carbocycles. The van der Waals surface area contributed by atoms with Crippen LogP contribution in [0.25, 0.3) is 0 Å². The van der Waals surface area contributed by atoms with Gasteiger partial charge in [-0.25, -0.2) is 20.8 Å². The van der Waals surface area contributed by atoms with E-state index in [1.165, 1.54) is 17.8 Å². The van der Waals surface area contributed by atoms with E-state index in [1.807, 2.05) is 12.1 Å². The molecule has 7 N–H and O–H groups in total. The number of hydrazine groups is 1. The zero-order valence-corrected chi connectivity index (χ0v) is 10.3. The van der Waals surface area contributed by atoms with Crippen molar-refractivity contribution in [2.75, 3.05) is 16.9 Å². The molecule has 0 saturated heterocycles. The Morgan fingerprint density at radius 3 is 2.61 bits per heavy atom. The number of hydrogen-bond acceptors (Lipinski definition) is 8. The zero-order valence-electron chi connectivity index (χ0n) is 9.50. The molecule has 0 spiro atoms. The molecule has 18 heavy (non-hydrogen) atoms. The average Bonchev–Trinajstić information content (AvgIpc) is 2.35. The number of aromatic nitrogens is 3. The Hall–Kier alpha value is -2.06. The summed E-state index contributed by atoms with van der Waals surface area (Å²) in [5.74, 6) is 7.33. The van der Waals surface area contributed by atoms with Crippen LogP contribution in [0.15, 0.2) is 29.6 Å². The molecular weight excluding hydrogens is 250 g/mol. The number of hydrogen-bond donors (Lipinski definition) is 4. The number of rotatable bonds is 4. The summed E-state index contributed by atoms with van der Waals surface area (Å²) in [6.07, 6.45) is 1.67. The molecule has 7 nitrogen and oxygen atoms in total. The SMILES string of the molecule is NNc1ncccc1CSc1nc(N)cc(N)n1. The van der Waals surface area contributed by atoms with Crippen LogP contribution in [0.4, 0.5) is 17.5 Å². The van der Waals surface area contributed by atoms with Crippen molar-refractivity contribution >= 4 is 29.2 Å². The zero-order chi connectivity index (χ0) is 13.0. The third-order valence-electron chi connectivity index (χ3n) is 2.13. The number of nitrogen functional groups attached to an aromatic ring is 3. The van der Waals surface area contributed by atoms with Crippen LogP contribution < -0.4 is 22.7 Å². The molecule has 0 atom stereocenters. The number of thioether (sulfide) groups is 1. The van der Waals surface area contributed by atoms with Gasteiger partial charge in [-0.15, -0.1) is 0 Å². The lowest BCUT2D eigenvalue weighted by Crippen LogP contribution is -2.10. The predicted octanol–water partition coefficient (Wildman–Crippen LogP) is 0.614. The Balaban J connectivity index is 2.11. The molecular formula is C10H13N7S. The van der Waals surface area contributed by atoms with E-state index in [1.54, 1.807) is 6.20 Å². The van der Waals surface area contributed by atoms with Crippen molar-refractivity contribution in [3.63, 3.8) is 0 Å². The van der Waals surface area contributed by atoms with Crippen LogP contribution in [0.3, 0.4) is 0 Å². The Morgan fingerprint density at radius 2 is 1.94 bits per heavy atom. The second-order valence-corrected chi connectivity index (χ2v) is 4.39. The number of nitrogens with zero attached hydrogens (tertiary/aromatic N) is 3. The van der Waals surface area contributed by atoms with E-state index in [0.717, 1.165) is 5.56 Å². The van der Waals surface area contributed by atoms with Crippen molar-refractivity contribution in [2.45, 2.75) is 10.9 Å². The molecule has 8 heteroatoms. The van der Waals surface area contributed by atoms with E-state index in [-0.39, 0.29) is 0 Å². The van der Waals surface area contributed by atoms with Crippen LogP contribution >= 0.6 is 11.8 Å². The Morgan fingerprint density at radius 1 is 1.22 bits per heavy atom. The minimum absolute atomic E-state index is 0.355. The minimum atomic E-state index is 0.355. The fourth-order valence-corrected chi connectivity index (χ4v) is 2.21. The lowest BCUT2D eigenvalue weighted by atomic mass is 10.3. The first-order valence-electron chi connectivity index (χ1n) is 5.12. The molecule has 2 rings (SSSR count). The average molecular weight is 263 g/mol. The summed E-state index contributed by atoms with van der Waals surface area (Å²) in [5, 5.41) is 0.527. The van der Waals surface area contributed by atoms with E-state index >= 15 is 0 Å². The monoisotopic (exact) mass is 263 g/mol. The quantitative estimate of drug-likeness (QED) is 0.273. The van der Waals surface area contributed by atoms with Crippen molar-refractivity contribution in [1.82, 2.24) is 15.0 Å². The molecule has 0 unspecified atom stereocenters. The van der Waals surface area contributed by atoms with Crippen LogP contribution in [0.2, 0.25) is 0 Å². The Bertz CT molecular complexity index is 525. The molecule has 2 aromatic rings. The van der Waals surface area contributed by atoms with Gasteiger partial charge in [-0.1, -0.05) is 17.8 Å². The first-order valence-corrected chi connectivity index (χ1v) is 6.11. The first-order chi connectivity index (χ1) is 8.69. The predicted molar refractivity (Wildman–Crippen MR) is 72.5 cm³/mol. The van der Waals surface area contributed by atoms with Gasteiger partial charge in [0.1, 0.15) is 17.5 Å². The Kier molecular flexibility index (Phi) is 3.80. The normalized spacial score (nSPS) is 10.3. The third-order valence-corrected chi connectivity index (χ3v) is 3.03. The molecule has 0 aromatic carbocycles. The minimum Gasteiger partial charge on any atom is -0.383 e. The highest BCUT2D eigenvalue weighted by Crippen LogP contribution is 2.23. The maximum atomic E-state index is 5.60. The summed E-state index contributed by atoms with van der Waals surface area (Å²) in [4.78, 5) is 12.3. The van der Waals surface area contributed by atoms with Gasteiger partial charge in [0.25, 0.3) is 0 Å². The van der Waals surface area contributed by atoms with Crippen molar-refractivity contribution < 1.29 is 0 Å². The van der Waals surface area contributed by atoms with Gasteiger partial charge in [0, 0.05) is 23.6 Å². The molecule has 94 valence electrons. The van der Waals surface area contributed by atoms with E-state index in [0.29, 0.717) is 28.4 Å².